The molecule has 1 unspecified atom stereocenters. The van der Waals surface area contributed by atoms with Crippen LogP contribution in [0.15, 0.2) is 67.1 Å². The van der Waals surface area contributed by atoms with E-state index in [-0.39, 0.29) is 24.8 Å². The van der Waals surface area contributed by atoms with E-state index in [1.807, 2.05) is 43.3 Å². The van der Waals surface area contributed by atoms with Crippen molar-refractivity contribution < 1.29 is 19.1 Å². The van der Waals surface area contributed by atoms with Gasteiger partial charge in [-0.05, 0) is 48.9 Å². The zero-order valence-corrected chi connectivity index (χ0v) is 17.7. The number of amides is 2. The summed E-state index contributed by atoms with van der Waals surface area (Å²) in [6, 6.07) is 14.5. The van der Waals surface area contributed by atoms with Gasteiger partial charge in [0.1, 0.15) is 12.4 Å². The quantitative estimate of drug-likeness (QED) is 0.586. The van der Waals surface area contributed by atoms with Crippen molar-refractivity contribution in [3.8, 4) is 11.5 Å². The lowest BCUT2D eigenvalue weighted by Crippen LogP contribution is -2.28. The number of pyridine rings is 2. The first-order valence-electron chi connectivity index (χ1n) is 10.5. The van der Waals surface area contributed by atoms with E-state index in [1.165, 1.54) is 0 Å². The summed E-state index contributed by atoms with van der Waals surface area (Å²) in [7, 11) is 0. The highest BCUT2D eigenvalue weighted by Gasteiger charge is 2.36. The molecule has 4 rings (SSSR count). The molecule has 1 N–H and O–H groups in total. The molecule has 0 saturated carbocycles. The monoisotopic (exact) mass is 432 g/mol. The molecular formula is C24H24N4O4. The molecule has 8 nitrogen and oxygen atoms in total. The Bertz CT molecular complexity index is 1090. The van der Waals surface area contributed by atoms with Gasteiger partial charge in [-0.25, -0.2) is 4.98 Å². The molecule has 1 aliphatic heterocycles. The van der Waals surface area contributed by atoms with E-state index < -0.39 is 5.92 Å². The van der Waals surface area contributed by atoms with Crippen LogP contribution < -0.4 is 19.7 Å². The first kappa shape index (κ1) is 21.3. The average Bonchev–Trinajstić information content (AvgIpc) is 3.21. The van der Waals surface area contributed by atoms with E-state index in [0.29, 0.717) is 36.2 Å². The summed E-state index contributed by atoms with van der Waals surface area (Å²) in [5, 5.41) is 2.82. The smallest absolute Gasteiger partial charge is 0.231 e. The fourth-order valence-electron chi connectivity index (χ4n) is 3.53. The lowest BCUT2D eigenvalue weighted by molar-refractivity contribution is -0.122. The minimum absolute atomic E-state index is 0.117. The fraction of sp³-hybridized carbons (Fsp3) is 0.250. The number of rotatable bonds is 8. The number of hydrogen-bond acceptors (Lipinski definition) is 6. The van der Waals surface area contributed by atoms with Gasteiger partial charge in [-0.2, -0.15) is 0 Å². The van der Waals surface area contributed by atoms with Gasteiger partial charge in [0.25, 0.3) is 0 Å². The van der Waals surface area contributed by atoms with Gasteiger partial charge in [0.2, 0.25) is 11.8 Å². The van der Waals surface area contributed by atoms with E-state index in [0.717, 1.165) is 5.56 Å². The highest BCUT2D eigenvalue weighted by atomic mass is 16.5. The Morgan fingerprint density at radius 2 is 1.84 bits per heavy atom. The molecule has 32 heavy (non-hydrogen) atoms. The summed E-state index contributed by atoms with van der Waals surface area (Å²) >= 11 is 0. The maximum atomic E-state index is 12.9. The minimum atomic E-state index is -0.507. The predicted molar refractivity (Wildman–Crippen MR) is 120 cm³/mol. The first-order chi connectivity index (χ1) is 15.7. The zero-order valence-electron chi connectivity index (χ0n) is 17.7. The van der Waals surface area contributed by atoms with Gasteiger partial charge in [-0.3, -0.25) is 14.6 Å². The van der Waals surface area contributed by atoms with Crippen LogP contribution in [0.4, 0.5) is 11.5 Å². The number of benzene rings is 1. The molecular weight excluding hydrogens is 408 g/mol. The molecule has 1 aromatic carbocycles. The van der Waals surface area contributed by atoms with Crippen LogP contribution >= 0.6 is 0 Å². The maximum Gasteiger partial charge on any atom is 0.231 e. The molecule has 1 atom stereocenters. The summed E-state index contributed by atoms with van der Waals surface area (Å²) in [6.07, 6.45) is 5.08. The topological polar surface area (TPSA) is 93.7 Å². The van der Waals surface area contributed by atoms with Crippen molar-refractivity contribution in [3.63, 3.8) is 0 Å². The van der Waals surface area contributed by atoms with E-state index in [1.54, 1.807) is 35.6 Å². The van der Waals surface area contributed by atoms with Crippen LogP contribution in [0.2, 0.25) is 0 Å². The summed E-state index contributed by atoms with van der Waals surface area (Å²) in [5.74, 6) is 0.510. The van der Waals surface area contributed by atoms with Crippen molar-refractivity contribution in [1.82, 2.24) is 9.97 Å². The molecule has 2 amide bonds. The Morgan fingerprint density at radius 3 is 2.66 bits per heavy atom. The Hall–Kier alpha value is -3.94. The van der Waals surface area contributed by atoms with Crippen molar-refractivity contribution in [2.24, 2.45) is 5.92 Å². The molecule has 3 heterocycles. The lowest BCUT2D eigenvalue weighted by atomic mass is 10.1. The average molecular weight is 432 g/mol. The van der Waals surface area contributed by atoms with E-state index in [9.17, 15) is 9.59 Å². The van der Waals surface area contributed by atoms with Crippen molar-refractivity contribution in [3.05, 3.63) is 72.7 Å². The third-order valence-electron chi connectivity index (χ3n) is 5.11. The molecule has 164 valence electrons. The third-order valence-corrected chi connectivity index (χ3v) is 5.11. The minimum Gasteiger partial charge on any atom is -0.492 e. The van der Waals surface area contributed by atoms with Crippen LogP contribution in [-0.2, 0) is 16.2 Å². The summed E-state index contributed by atoms with van der Waals surface area (Å²) in [6.45, 7) is 2.97. The lowest BCUT2D eigenvalue weighted by Gasteiger charge is -2.20. The molecule has 0 bridgehead atoms. The maximum absolute atomic E-state index is 12.9. The first-order valence-corrected chi connectivity index (χ1v) is 10.5. The van der Waals surface area contributed by atoms with Gasteiger partial charge < -0.3 is 19.7 Å². The molecule has 2 aromatic heterocycles. The molecule has 0 spiro atoms. The second-order valence-electron chi connectivity index (χ2n) is 7.29. The summed E-state index contributed by atoms with van der Waals surface area (Å²) in [5.41, 5.74) is 1.62. The molecule has 1 saturated heterocycles. The van der Waals surface area contributed by atoms with Crippen LogP contribution in [0, 0.1) is 5.92 Å². The zero-order chi connectivity index (χ0) is 22.3. The van der Waals surface area contributed by atoms with Crippen LogP contribution in [0.25, 0.3) is 0 Å². The highest BCUT2D eigenvalue weighted by molar-refractivity contribution is 6.04. The van der Waals surface area contributed by atoms with E-state index in [4.69, 9.17) is 9.47 Å². The summed E-state index contributed by atoms with van der Waals surface area (Å²) < 4.78 is 11.5. The van der Waals surface area contributed by atoms with Gasteiger partial charge in [-0.1, -0.05) is 12.1 Å². The number of nitrogens with zero attached hydrogens (tertiary/aromatic N) is 3. The number of carbonyl (C=O) groups is 2. The van der Waals surface area contributed by atoms with Crippen molar-refractivity contribution in [2.75, 3.05) is 23.4 Å². The Balaban J connectivity index is 1.43. The number of nitrogens with one attached hydrogen (secondary N) is 1. The van der Waals surface area contributed by atoms with Gasteiger partial charge in [0.05, 0.1) is 18.2 Å². The number of anilines is 2. The molecule has 0 aliphatic carbocycles. The fourth-order valence-corrected chi connectivity index (χ4v) is 3.53. The molecule has 3 aromatic rings. The standard InChI is InChI=1S/C24H24N4O4/c1-2-31-20-7-4-3-6-19(20)28-15-18(14-22(28)29)24(30)27-23-21(8-5-11-26-23)32-16-17-9-12-25-13-10-17/h3-13,18H,2,14-16H2,1H3,(H,26,27,30). The van der Waals surface area contributed by atoms with Crippen molar-refractivity contribution in [1.29, 1.82) is 0 Å². The number of carbonyl (C=O) groups excluding carboxylic acids is 2. The van der Waals surface area contributed by atoms with Gasteiger partial charge in [0, 0.05) is 31.6 Å². The Morgan fingerprint density at radius 1 is 1.06 bits per heavy atom. The van der Waals surface area contributed by atoms with Crippen LogP contribution in [0.1, 0.15) is 18.9 Å². The largest absolute Gasteiger partial charge is 0.492 e. The number of hydrogen-bond donors (Lipinski definition) is 1. The van der Waals surface area contributed by atoms with Gasteiger partial charge in [0.15, 0.2) is 11.6 Å². The van der Waals surface area contributed by atoms with Crippen molar-refractivity contribution in [2.45, 2.75) is 20.0 Å². The highest BCUT2D eigenvalue weighted by Crippen LogP contribution is 2.33. The molecule has 1 fully saturated rings. The third kappa shape index (κ3) is 4.85. The van der Waals surface area contributed by atoms with Gasteiger partial charge >= 0.3 is 0 Å². The molecule has 8 heteroatoms. The SMILES string of the molecule is CCOc1ccccc1N1CC(C(=O)Nc2ncccc2OCc2ccncc2)CC1=O. The Labute approximate surface area is 186 Å². The van der Waals surface area contributed by atoms with Crippen LogP contribution in [-0.4, -0.2) is 34.9 Å². The normalized spacial score (nSPS) is 15.5. The number of para-hydroxylation sites is 2. The second kappa shape index (κ2) is 9.91. The molecule has 1 aliphatic rings. The van der Waals surface area contributed by atoms with Crippen LogP contribution in [0.5, 0.6) is 11.5 Å². The predicted octanol–water partition coefficient (Wildman–Crippen LogP) is 3.45. The molecule has 0 radical (unpaired) electrons. The van der Waals surface area contributed by atoms with Gasteiger partial charge in [-0.15, -0.1) is 0 Å². The van der Waals surface area contributed by atoms with Crippen LogP contribution in [0.3, 0.4) is 0 Å². The second-order valence-corrected chi connectivity index (χ2v) is 7.29. The van der Waals surface area contributed by atoms with E-state index >= 15 is 0 Å². The Kier molecular flexibility index (Phi) is 6.60. The van der Waals surface area contributed by atoms with Crippen molar-refractivity contribution >= 4 is 23.3 Å². The van der Waals surface area contributed by atoms with E-state index in [2.05, 4.69) is 15.3 Å². The number of ether oxygens (including phenoxy) is 2. The summed E-state index contributed by atoms with van der Waals surface area (Å²) in [4.78, 5) is 35.5. The number of aromatic nitrogens is 2.